The molecule has 0 unspecified atom stereocenters. The van der Waals surface area contributed by atoms with E-state index in [9.17, 15) is 4.79 Å². The number of aromatic amines is 1. The Kier molecular flexibility index (Phi) is 4.39. The third-order valence-corrected chi connectivity index (χ3v) is 2.27. The van der Waals surface area contributed by atoms with Crippen molar-refractivity contribution < 1.29 is 4.79 Å². The molecule has 1 aromatic rings. The molecule has 4 nitrogen and oxygen atoms in total. The van der Waals surface area contributed by atoms with E-state index in [1.807, 2.05) is 0 Å². The monoisotopic (exact) mass is 199 g/mol. The predicted octanol–water partition coefficient (Wildman–Crippen LogP) is 0.893. The molecule has 0 bridgehead atoms. The second-order valence-corrected chi connectivity index (χ2v) is 3.57. The van der Waals surface area contributed by atoms with Gasteiger partial charge >= 0.3 is 0 Å². The van der Waals surface area contributed by atoms with Crippen molar-refractivity contribution >= 4 is 17.7 Å². The molecule has 0 atom stereocenters. The SMILES string of the molecule is CSCCCNC(=O)c1cn[nH]c1. The third-order valence-electron chi connectivity index (χ3n) is 1.57. The van der Waals surface area contributed by atoms with E-state index in [-0.39, 0.29) is 5.91 Å². The van der Waals surface area contributed by atoms with Crippen LogP contribution in [-0.4, -0.2) is 34.7 Å². The summed E-state index contributed by atoms with van der Waals surface area (Å²) in [7, 11) is 0. The van der Waals surface area contributed by atoms with Crippen LogP contribution in [0.5, 0.6) is 0 Å². The molecule has 5 heteroatoms. The second-order valence-electron chi connectivity index (χ2n) is 2.59. The van der Waals surface area contributed by atoms with Gasteiger partial charge in [-0.1, -0.05) is 0 Å². The summed E-state index contributed by atoms with van der Waals surface area (Å²) >= 11 is 1.78. The Morgan fingerprint density at radius 1 is 1.77 bits per heavy atom. The van der Waals surface area contributed by atoms with E-state index in [0.717, 1.165) is 18.7 Å². The first kappa shape index (κ1) is 10.1. The summed E-state index contributed by atoms with van der Waals surface area (Å²) in [5.41, 5.74) is 0.587. The fourth-order valence-corrected chi connectivity index (χ4v) is 1.33. The zero-order valence-electron chi connectivity index (χ0n) is 7.54. The molecule has 0 aliphatic carbocycles. The Balaban J connectivity index is 2.19. The van der Waals surface area contributed by atoms with Gasteiger partial charge in [0.15, 0.2) is 0 Å². The van der Waals surface area contributed by atoms with Crippen LogP contribution in [0.15, 0.2) is 12.4 Å². The van der Waals surface area contributed by atoms with Gasteiger partial charge in [0, 0.05) is 12.7 Å². The average Bonchev–Trinajstić information content (AvgIpc) is 2.65. The molecular formula is C8H13N3OS. The molecule has 0 aromatic carbocycles. The van der Waals surface area contributed by atoms with Gasteiger partial charge in [0.05, 0.1) is 11.8 Å². The van der Waals surface area contributed by atoms with Gasteiger partial charge < -0.3 is 5.32 Å². The molecule has 0 aliphatic heterocycles. The van der Waals surface area contributed by atoms with Crippen LogP contribution in [0.3, 0.4) is 0 Å². The van der Waals surface area contributed by atoms with Crippen molar-refractivity contribution in [3.63, 3.8) is 0 Å². The molecule has 1 amide bonds. The highest BCUT2D eigenvalue weighted by Gasteiger charge is 2.04. The summed E-state index contributed by atoms with van der Waals surface area (Å²) in [6, 6.07) is 0. The molecule has 0 spiro atoms. The number of rotatable bonds is 5. The maximum atomic E-state index is 11.3. The first-order valence-corrected chi connectivity index (χ1v) is 5.50. The Labute approximate surface area is 81.5 Å². The number of carbonyl (C=O) groups is 1. The number of H-pyrrole nitrogens is 1. The normalized spacial score (nSPS) is 9.92. The van der Waals surface area contributed by atoms with E-state index in [1.165, 1.54) is 6.20 Å². The summed E-state index contributed by atoms with van der Waals surface area (Å²) in [4.78, 5) is 11.3. The summed E-state index contributed by atoms with van der Waals surface area (Å²) < 4.78 is 0. The van der Waals surface area contributed by atoms with Gasteiger partial charge in [0.1, 0.15) is 0 Å². The van der Waals surface area contributed by atoms with Gasteiger partial charge in [-0.3, -0.25) is 9.89 Å². The maximum absolute atomic E-state index is 11.3. The van der Waals surface area contributed by atoms with E-state index < -0.39 is 0 Å². The lowest BCUT2D eigenvalue weighted by molar-refractivity contribution is 0.0954. The number of amides is 1. The van der Waals surface area contributed by atoms with Crippen molar-refractivity contribution in [1.82, 2.24) is 15.5 Å². The van der Waals surface area contributed by atoms with Crippen LogP contribution >= 0.6 is 11.8 Å². The van der Waals surface area contributed by atoms with Crippen molar-refractivity contribution in [2.75, 3.05) is 18.6 Å². The van der Waals surface area contributed by atoms with Crippen LogP contribution in [0.25, 0.3) is 0 Å². The van der Waals surface area contributed by atoms with Crippen LogP contribution in [0.2, 0.25) is 0 Å². The van der Waals surface area contributed by atoms with E-state index in [1.54, 1.807) is 18.0 Å². The smallest absolute Gasteiger partial charge is 0.254 e. The van der Waals surface area contributed by atoms with Gasteiger partial charge in [-0.15, -0.1) is 0 Å². The highest BCUT2D eigenvalue weighted by molar-refractivity contribution is 7.98. The molecule has 72 valence electrons. The van der Waals surface area contributed by atoms with Gasteiger partial charge in [-0.2, -0.15) is 16.9 Å². The standard InChI is InChI=1S/C8H13N3OS/c1-13-4-2-3-9-8(12)7-5-10-11-6-7/h5-6H,2-4H2,1H3,(H,9,12)(H,10,11). The van der Waals surface area contributed by atoms with E-state index in [2.05, 4.69) is 21.8 Å². The lowest BCUT2D eigenvalue weighted by atomic mass is 10.3. The Hall–Kier alpha value is -0.970. The topological polar surface area (TPSA) is 57.8 Å². The van der Waals surface area contributed by atoms with E-state index >= 15 is 0 Å². The Bertz CT molecular complexity index is 248. The zero-order valence-corrected chi connectivity index (χ0v) is 8.36. The summed E-state index contributed by atoms with van der Waals surface area (Å²) in [6.45, 7) is 0.727. The minimum atomic E-state index is -0.0603. The van der Waals surface area contributed by atoms with Gasteiger partial charge in [-0.25, -0.2) is 0 Å². The second kappa shape index (κ2) is 5.64. The maximum Gasteiger partial charge on any atom is 0.254 e. The van der Waals surface area contributed by atoms with Gasteiger partial charge in [0.25, 0.3) is 5.91 Å². The molecule has 0 saturated heterocycles. The van der Waals surface area contributed by atoms with Crippen molar-refractivity contribution in [3.8, 4) is 0 Å². The van der Waals surface area contributed by atoms with E-state index in [4.69, 9.17) is 0 Å². The van der Waals surface area contributed by atoms with Gasteiger partial charge in [0.2, 0.25) is 0 Å². The number of hydrogen-bond donors (Lipinski definition) is 2. The highest BCUT2D eigenvalue weighted by Crippen LogP contribution is 1.95. The molecule has 0 fully saturated rings. The molecule has 1 rings (SSSR count). The highest BCUT2D eigenvalue weighted by atomic mass is 32.2. The largest absolute Gasteiger partial charge is 0.352 e. The lowest BCUT2D eigenvalue weighted by Crippen LogP contribution is -2.24. The number of thioether (sulfide) groups is 1. The third kappa shape index (κ3) is 3.50. The number of carbonyl (C=O) groups excluding carboxylic acids is 1. The molecule has 1 aromatic heterocycles. The summed E-state index contributed by atoms with van der Waals surface area (Å²) in [6.07, 6.45) is 6.16. The molecule has 0 saturated carbocycles. The predicted molar refractivity (Wildman–Crippen MR) is 53.9 cm³/mol. The molecule has 13 heavy (non-hydrogen) atoms. The summed E-state index contributed by atoms with van der Waals surface area (Å²) in [5.74, 6) is 1.01. The van der Waals surface area contributed by atoms with Crippen LogP contribution < -0.4 is 5.32 Å². The molecule has 0 radical (unpaired) electrons. The number of hydrogen-bond acceptors (Lipinski definition) is 3. The number of nitrogens with one attached hydrogen (secondary N) is 2. The minimum Gasteiger partial charge on any atom is -0.352 e. The molecule has 2 N–H and O–H groups in total. The summed E-state index contributed by atoms with van der Waals surface area (Å²) in [5, 5.41) is 9.10. The van der Waals surface area contributed by atoms with Crippen molar-refractivity contribution in [3.05, 3.63) is 18.0 Å². The lowest BCUT2D eigenvalue weighted by Gasteiger charge is -2.01. The Morgan fingerprint density at radius 2 is 2.62 bits per heavy atom. The minimum absolute atomic E-state index is 0.0603. The first-order valence-electron chi connectivity index (χ1n) is 4.10. The number of aromatic nitrogens is 2. The zero-order chi connectivity index (χ0) is 9.52. The average molecular weight is 199 g/mol. The Morgan fingerprint density at radius 3 is 3.23 bits per heavy atom. The number of nitrogens with zero attached hydrogens (tertiary/aromatic N) is 1. The van der Waals surface area contributed by atoms with Crippen molar-refractivity contribution in [1.29, 1.82) is 0 Å². The van der Waals surface area contributed by atoms with Gasteiger partial charge in [-0.05, 0) is 18.4 Å². The van der Waals surface area contributed by atoms with Crippen LogP contribution in [0, 0.1) is 0 Å². The van der Waals surface area contributed by atoms with Crippen LogP contribution in [-0.2, 0) is 0 Å². The molecular weight excluding hydrogens is 186 g/mol. The van der Waals surface area contributed by atoms with Crippen molar-refractivity contribution in [2.24, 2.45) is 0 Å². The fraction of sp³-hybridized carbons (Fsp3) is 0.500. The van der Waals surface area contributed by atoms with Crippen LogP contribution in [0.4, 0.5) is 0 Å². The fourth-order valence-electron chi connectivity index (χ4n) is 0.896. The molecule has 1 heterocycles. The molecule has 0 aliphatic rings. The van der Waals surface area contributed by atoms with Crippen molar-refractivity contribution in [2.45, 2.75) is 6.42 Å². The first-order chi connectivity index (χ1) is 6.34. The quantitative estimate of drug-likeness (QED) is 0.692. The van der Waals surface area contributed by atoms with E-state index in [0.29, 0.717) is 5.56 Å². The van der Waals surface area contributed by atoms with Crippen LogP contribution in [0.1, 0.15) is 16.8 Å².